The van der Waals surface area contributed by atoms with E-state index in [2.05, 4.69) is 14.8 Å². The number of benzene rings is 1. The van der Waals surface area contributed by atoms with Gasteiger partial charge in [0.15, 0.2) is 0 Å². The quantitative estimate of drug-likeness (QED) is 0.754. The van der Waals surface area contributed by atoms with Crippen molar-refractivity contribution in [1.29, 1.82) is 0 Å². The highest BCUT2D eigenvalue weighted by molar-refractivity contribution is 7.89. The second kappa shape index (κ2) is 8.41. The van der Waals surface area contributed by atoms with Crippen LogP contribution >= 0.6 is 0 Å². The zero-order chi connectivity index (χ0) is 19.3. The van der Waals surface area contributed by atoms with Crippen LogP contribution in [0.2, 0.25) is 0 Å². The molecule has 2 rings (SSSR count). The summed E-state index contributed by atoms with van der Waals surface area (Å²) >= 11 is 0. The van der Waals surface area contributed by atoms with E-state index < -0.39 is 16.1 Å². The molecule has 0 fully saturated rings. The molecular weight excluding hydrogens is 354 g/mol. The molecular formula is C17H25N5O3S. The van der Waals surface area contributed by atoms with Gasteiger partial charge in [0.1, 0.15) is 12.2 Å². The molecule has 1 N–H and O–H groups in total. The van der Waals surface area contributed by atoms with E-state index in [1.54, 1.807) is 23.9 Å². The predicted molar refractivity (Wildman–Crippen MR) is 98.1 cm³/mol. The number of carbonyl (C=O) groups is 1. The molecule has 0 bridgehead atoms. The summed E-state index contributed by atoms with van der Waals surface area (Å²) in [6.45, 7) is 6.78. The van der Waals surface area contributed by atoms with E-state index in [-0.39, 0.29) is 10.8 Å². The average Bonchev–Trinajstić information content (AvgIpc) is 3.13. The van der Waals surface area contributed by atoms with Gasteiger partial charge in [0.05, 0.1) is 10.9 Å². The standard InChI is InChI=1S/C17H25N5O3S/c1-5-15(16-18-12-19-22(16)7-3)20-26(24,25)14-10-8-9-13(11-14)17(23)21(4)6-2/h8-12,15,20H,5-7H2,1-4H3. The maximum Gasteiger partial charge on any atom is 0.253 e. The minimum absolute atomic E-state index is 0.0499. The summed E-state index contributed by atoms with van der Waals surface area (Å²) in [7, 11) is -2.14. The first-order valence-electron chi connectivity index (χ1n) is 8.59. The second-order valence-corrected chi connectivity index (χ2v) is 7.58. The number of aromatic nitrogens is 3. The van der Waals surface area contributed by atoms with Crippen molar-refractivity contribution in [3.63, 3.8) is 0 Å². The van der Waals surface area contributed by atoms with E-state index in [0.717, 1.165) is 0 Å². The fourth-order valence-corrected chi connectivity index (χ4v) is 3.84. The summed E-state index contributed by atoms with van der Waals surface area (Å²) in [5, 5.41) is 4.09. The minimum Gasteiger partial charge on any atom is -0.342 e. The van der Waals surface area contributed by atoms with Crippen molar-refractivity contribution in [2.45, 2.75) is 44.7 Å². The maximum atomic E-state index is 12.8. The molecule has 142 valence electrons. The van der Waals surface area contributed by atoms with Crippen molar-refractivity contribution in [2.24, 2.45) is 0 Å². The highest BCUT2D eigenvalue weighted by Gasteiger charge is 2.24. The van der Waals surface area contributed by atoms with Crippen molar-refractivity contribution in [2.75, 3.05) is 13.6 Å². The summed E-state index contributed by atoms with van der Waals surface area (Å²) in [5.41, 5.74) is 0.335. The molecule has 0 aliphatic heterocycles. The largest absolute Gasteiger partial charge is 0.342 e. The van der Waals surface area contributed by atoms with E-state index in [4.69, 9.17) is 0 Å². The molecule has 26 heavy (non-hydrogen) atoms. The van der Waals surface area contributed by atoms with Crippen LogP contribution in [0.15, 0.2) is 35.5 Å². The second-order valence-electron chi connectivity index (χ2n) is 5.86. The van der Waals surface area contributed by atoms with Gasteiger partial charge in [-0.3, -0.25) is 4.79 Å². The Morgan fingerprint density at radius 1 is 1.31 bits per heavy atom. The van der Waals surface area contributed by atoms with Crippen LogP contribution in [-0.4, -0.2) is 47.6 Å². The lowest BCUT2D eigenvalue weighted by Crippen LogP contribution is -2.31. The Balaban J connectivity index is 2.31. The fraction of sp³-hybridized carbons (Fsp3) is 0.471. The van der Waals surface area contributed by atoms with Crippen LogP contribution < -0.4 is 4.72 Å². The normalized spacial score (nSPS) is 12.8. The Bertz CT molecular complexity index is 863. The summed E-state index contributed by atoms with van der Waals surface area (Å²) < 4.78 is 30.0. The fourth-order valence-electron chi connectivity index (χ4n) is 2.52. The lowest BCUT2D eigenvalue weighted by molar-refractivity contribution is 0.0802. The topological polar surface area (TPSA) is 97.2 Å². The van der Waals surface area contributed by atoms with Gasteiger partial charge in [0.25, 0.3) is 5.91 Å². The van der Waals surface area contributed by atoms with Crippen LogP contribution in [0.4, 0.5) is 0 Å². The van der Waals surface area contributed by atoms with Gasteiger partial charge in [-0.2, -0.15) is 5.10 Å². The van der Waals surface area contributed by atoms with Crippen molar-refractivity contribution in [1.82, 2.24) is 24.4 Å². The van der Waals surface area contributed by atoms with Crippen molar-refractivity contribution in [3.05, 3.63) is 42.0 Å². The van der Waals surface area contributed by atoms with Gasteiger partial charge in [-0.15, -0.1) is 0 Å². The molecule has 0 radical (unpaired) electrons. The third-order valence-corrected chi connectivity index (χ3v) is 5.64. The molecule has 1 amide bonds. The van der Waals surface area contributed by atoms with Gasteiger partial charge < -0.3 is 4.90 Å². The van der Waals surface area contributed by atoms with Crippen LogP contribution in [0.5, 0.6) is 0 Å². The summed E-state index contributed by atoms with van der Waals surface area (Å²) in [6, 6.07) is 5.55. The van der Waals surface area contributed by atoms with Crippen LogP contribution in [0.25, 0.3) is 0 Å². The lowest BCUT2D eigenvalue weighted by Gasteiger charge is -2.18. The first kappa shape index (κ1) is 20.1. The van der Waals surface area contributed by atoms with Crippen molar-refractivity contribution >= 4 is 15.9 Å². The average molecular weight is 379 g/mol. The zero-order valence-corrected chi connectivity index (χ0v) is 16.3. The van der Waals surface area contributed by atoms with Gasteiger partial charge in [-0.05, 0) is 38.5 Å². The molecule has 1 aromatic heterocycles. The van der Waals surface area contributed by atoms with Crippen LogP contribution in [0.3, 0.4) is 0 Å². The van der Waals surface area contributed by atoms with E-state index in [9.17, 15) is 13.2 Å². The third kappa shape index (κ3) is 4.28. The number of carbonyl (C=O) groups excluding carboxylic acids is 1. The zero-order valence-electron chi connectivity index (χ0n) is 15.5. The van der Waals surface area contributed by atoms with Crippen molar-refractivity contribution in [3.8, 4) is 0 Å². The molecule has 1 heterocycles. The molecule has 1 aromatic carbocycles. The monoisotopic (exact) mass is 379 g/mol. The van der Waals surface area contributed by atoms with E-state index in [1.807, 2.05) is 20.8 Å². The number of sulfonamides is 1. The highest BCUT2D eigenvalue weighted by Crippen LogP contribution is 2.19. The van der Waals surface area contributed by atoms with Gasteiger partial charge in [-0.25, -0.2) is 22.8 Å². The van der Waals surface area contributed by atoms with E-state index >= 15 is 0 Å². The van der Waals surface area contributed by atoms with Crippen LogP contribution in [0, 0.1) is 0 Å². The van der Waals surface area contributed by atoms with Crippen LogP contribution in [-0.2, 0) is 16.6 Å². The van der Waals surface area contributed by atoms with Gasteiger partial charge in [0.2, 0.25) is 10.0 Å². The Labute approximate surface area is 154 Å². The SMILES string of the molecule is CCC(NS(=O)(=O)c1cccc(C(=O)N(C)CC)c1)c1ncnn1CC. The first-order valence-corrected chi connectivity index (χ1v) is 10.1. The molecule has 0 saturated carbocycles. The molecule has 1 unspecified atom stereocenters. The smallest absolute Gasteiger partial charge is 0.253 e. The Morgan fingerprint density at radius 2 is 2.04 bits per heavy atom. The molecule has 0 saturated heterocycles. The Morgan fingerprint density at radius 3 is 2.65 bits per heavy atom. The lowest BCUT2D eigenvalue weighted by atomic mass is 10.2. The molecule has 0 aliphatic carbocycles. The summed E-state index contributed by atoms with van der Waals surface area (Å²) in [5.74, 6) is 0.346. The molecule has 1 atom stereocenters. The first-order chi connectivity index (χ1) is 12.3. The number of aryl methyl sites for hydroxylation is 1. The number of hydrogen-bond donors (Lipinski definition) is 1. The summed E-state index contributed by atoms with van der Waals surface area (Å²) in [6.07, 6.45) is 1.94. The summed E-state index contributed by atoms with van der Waals surface area (Å²) in [4.78, 5) is 18.0. The van der Waals surface area contributed by atoms with Gasteiger partial charge in [0, 0.05) is 25.7 Å². The third-order valence-electron chi connectivity index (χ3n) is 4.17. The number of hydrogen-bond acceptors (Lipinski definition) is 5. The molecule has 2 aromatic rings. The van der Waals surface area contributed by atoms with Gasteiger partial charge in [-0.1, -0.05) is 13.0 Å². The molecule has 0 spiro atoms. The van der Waals surface area contributed by atoms with Crippen molar-refractivity contribution < 1.29 is 13.2 Å². The molecule has 9 heteroatoms. The molecule has 0 aliphatic rings. The minimum atomic E-state index is -3.81. The van der Waals surface area contributed by atoms with Gasteiger partial charge >= 0.3 is 0 Å². The van der Waals surface area contributed by atoms with E-state index in [0.29, 0.717) is 30.9 Å². The Hall–Kier alpha value is -2.26. The number of rotatable bonds is 8. The number of nitrogens with zero attached hydrogens (tertiary/aromatic N) is 4. The highest BCUT2D eigenvalue weighted by atomic mass is 32.2. The molecule has 8 nitrogen and oxygen atoms in total. The maximum absolute atomic E-state index is 12.8. The number of amides is 1. The number of nitrogens with one attached hydrogen (secondary N) is 1. The van der Waals surface area contributed by atoms with E-state index in [1.165, 1.54) is 23.4 Å². The Kier molecular flexibility index (Phi) is 6.49. The van der Waals surface area contributed by atoms with Crippen LogP contribution in [0.1, 0.15) is 49.4 Å². The predicted octanol–water partition coefficient (Wildman–Crippen LogP) is 1.82.